The number of aryl methyl sites for hydroxylation is 2. The largest absolute Gasteiger partial charge is 0.491 e. The molecule has 186 valence electrons. The first-order valence-electron chi connectivity index (χ1n) is 10.3. The Balaban J connectivity index is 1.96. The second kappa shape index (κ2) is 8.78. The Morgan fingerprint density at radius 2 is 1.89 bits per heavy atom. The maximum atomic E-state index is 15.4. The molecule has 0 fully saturated rings. The molecule has 0 saturated carbocycles. The molecule has 4 rings (SSSR count). The molecule has 1 aliphatic rings. The van der Waals surface area contributed by atoms with Crippen molar-refractivity contribution in [3.63, 3.8) is 0 Å². The summed E-state index contributed by atoms with van der Waals surface area (Å²) in [5.74, 6) is -3.39. The summed E-state index contributed by atoms with van der Waals surface area (Å²) in [6, 6.07) is 3.23. The number of aromatic amines is 1. The first-order valence-corrected chi connectivity index (χ1v) is 12.2. The van der Waals surface area contributed by atoms with Crippen molar-refractivity contribution in [2.75, 3.05) is 25.7 Å². The number of amidine groups is 1. The van der Waals surface area contributed by atoms with E-state index in [0.717, 1.165) is 24.1 Å². The number of rotatable bonds is 6. The fourth-order valence-electron chi connectivity index (χ4n) is 3.71. The van der Waals surface area contributed by atoms with Gasteiger partial charge in [0.15, 0.2) is 27.2 Å². The SMILES string of the molecule is CNC1(c2c(F)cc(S(C)(=O)=O)cc2F)N=C(Nc2cc(C)[nH]n2)C(OC)=C(c2cnn(C)c2)N1. The van der Waals surface area contributed by atoms with Crippen LogP contribution in [-0.2, 0) is 27.4 Å². The van der Waals surface area contributed by atoms with Crippen molar-refractivity contribution in [2.45, 2.75) is 17.6 Å². The summed E-state index contributed by atoms with van der Waals surface area (Å²) >= 11 is 0. The van der Waals surface area contributed by atoms with Crippen molar-refractivity contribution < 1.29 is 21.9 Å². The number of anilines is 1. The van der Waals surface area contributed by atoms with Crippen molar-refractivity contribution in [1.29, 1.82) is 0 Å². The number of sulfone groups is 1. The van der Waals surface area contributed by atoms with Crippen LogP contribution in [0.1, 0.15) is 16.8 Å². The summed E-state index contributed by atoms with van der Waals surface area (Å²) in [6.45, 7) is 1.81. The van der Waals surface area contributed by atoms with Gasteiger partial charge in [0.25, 0.3) is 0 Å². The smallest absolute Gasteiger partial charge is 0.219 e. The van der Waals surface area contributed by atoms with Crippen LogP contribution in [0.25, 0.3) is 5.70 Å². The molecule has 35 heavy (non-hydrogen) atoms. The predicted octanol–water partition coefficient (Wildman–Crippen LogP) is 1.59. The van der Waals surface area contributed by atoms with E-state index in [-0.39, 0.29) is 11.6 Å². The van der Waals surface area contributed by atoms with E-state index in [2.05, 4.69) is 36.2 Å². The molecule has 3 aromatic rings. The zero-order chi connectivity index (χ0) is 25.5. The lowest BCUT2D eigenvalue weighted by molar-refractivity contribution is 0.275. The van der Waals surface area contributed by atoms with Crippen molar-refractivity contribution in [1.82, 2.24) is 30.6 Å². The molecule has 4 N–H and O–H groups in total. The molecule has 0 aliphatic carbocycles. The van der Waals surface area contributed by atoms with Crippen LogP contribution in [0.4, 0.5) is 14.6 Å². The summed E-state index contributed by atoms with van der Waals surface area (Å²) in [5, 5.41) is 20.0. The number of aliphatic imine (C=N–C) groups is 1. The minimum absolute atomic E-state index is 0.108. The second-order valence-corrected chi connectivity index (χ2v) is 9.97. The molecule has 0 bridgehead atoms. The van der Waals surface area contributed by atoms with Crippen molar-refractivity contribution >= 4 is 27.2 Å². The van der Waals surface area contributed by atoms with Crippen LogP contribution in [0, 0.1) is 18.6 Å². The molecule has 14 heteroatoms. The van der Waals surface area contributed by atoms with Crippen LogP contribution in [0.15, 0.2) is 46.2 Å². The zero-order valence-electron chi connectivity index (χ0n) is 19.6. The Labute approximate surface area is 200 Å². The molecule has 1 atom stereocenters. The summed E-state index contributed by atoms with van der Waals surface area (Å²) in [7, 11) is 0.739. The van der Waals surface area contributed by atoms with Crippen LogP contribution in [-0.4, -0.2) is 54.6 Å². The molecule has 1 aromatic carbocycles. The molecule has 0 saturated heterocycles. The van der Waals surface area contributed by atoms with Crippen LogP contribution in [0.5, 0.6) is 0 Å². The Morgan fingerprint density at radius 3 is 2.37 bits per heavy atom. The highest BCUT2D eigenvalue weighted by atomic mass is 32.2. The van der Waals surface area contributed by atoms with Gasteiger partial charge in [0.1, 0.15) is 11.6 Å². The van der Waals surface area contributed by atoms with Gasteiger partial charge in [-0.1, -0.05) is 0 Å². The maximum absolute atomic E-state index is 15.4. The molecule has 11 nitrogen and oxygen atoms in total. The van der Waals surface area contributed by atoms with Gasteiger partial charge < -0.3 is 15.4 Å². The van der Waals surface area contributed by atoms with E-state index < -0.39 is 37.7 Å². The zero-order valence-corrected chi connectivity index (χ0v) is 20.4. The van der Waals surface area contributed by atoms with Gasteiger partial charge in [-0.25, -0.2) is 22.2 Å². The van der Waals surface area contributed by atoms with E-state index >= 15 is 8.78 Å². The highest BCUT2D eigenvalue weighted by Gasteiger charge is 2.43. The predicted molar refractivity (Wildman–Crippen MR) is 125 cm³/mol. The Morgan fingerprint density at radius 1 is 1.20 bits per heavy atom. The summed E-state index contributed by atoms with van der Waals surface area (Å²) in [6.07, 6.45) is 4.10. The van der Waals surface area contributed by atoms with Gasteiger partial charge in [0.2, 0.25) is 5.79 Å². The topological polar surface area (TPSA) is 138 Å². The number of H-pyrrole nitrogens is 1. The van der Waals surface area contributed by atoms with Gasteiger partial charge in [-0.2, -0.15) is 10.2 Å². The van der Waals surface area contributed by atoms with Crippen LogP contribution < -0.4 is 16.0 Å². The van der Waals surface area contributed by atoms with Crippen LogP contribution in [0.3, 0.4) is 0 Å². The third kappa shape index (κ3) is 4.49. The van der Waals surface area contributed by atoms with E-state index in [1.807, 2.05) is 6.92 Å². The van der Waals surface area contributed by atoms with Gasteiger partial charge in [-0.3, -0.25) is 15.1 Å². The average Bonchev–Trinajstić information content (AvgIpc) is 3.40. The molecule has 3 heterocycles. The fraction of sp³-hybridized carbons (Fsp3) is 0.286. The molecule has 0 radical (unpaired) electrons. The van der Waals surface area contributed by atoms with Gasteiger partial charge in [-0.15, -0.1) is 0 Å². The van der Waals surface area contributed by atoms with Gasteiger partial charge in [-0.05, 0) is 26.1 Å². The number of aromatic nitrogens is 4. The van der Waals surface area contributed by atoms with E-state index in [1.54, 1.807) is 30.2 Å². The van der Waals surface area contributed by atoms with E-state index in [9.17, 15) is 8.42 Å². The fourth-order valence-corrected chi connectivity index (χ4v) is 4.35. The van der Waals surface area contributed by atoms with Gasteiger partial charge in [0.05, 0.1) is 29.5 Å². The number of benzene rings is 1. The quantitative estimate of drug-likeness (QED) is 0.396. The molecular formula is C21H24F2N8O3S. The highest BCUT2D eigenvalue weighted by molar-refractivity contribution is 7.90. The number of nitrogens with one attached hydrogen (secondary N) is 4. The number of hydrogen-bond donors (Lipinski definition) is 4. The normalized spacial score (nSPS) is 18.3. The lowest BCUT2D eigenvalue weighted by Crippen LogP contribution is -2.55. The Hall–Kier alpha value is -3.78. The number of nitrogens with zero attached hydrogens (tertiary/aromatic N) is 4. The van der Waals surface area contributed by atoms with Crippen molar-refractivity contribution in [3.05, 3.63) is 64.8 Å². The van der Waals surface area contributed by atoms with Crippen molar-refractivity contribution in [2.24, 2.45) is 12.0 Å². The minimum Gasteiger partial charge on any atom is -0.491 e. The van der Waals surface area contributed by atoms with Crippen LogP contribution in [0.2, 0.25) is 0 Å². The van der Waals surface area contributed by atoms with E-state index in [1.165, 1.54) is 14.2 Å². The monoisotopic (exact) mass is 506 g/mol. The average molecular weight is 507 g/mol. The maximum Gasteiger partial charge on any atom is 0.219 e. The molecule has 0 amide bonds. The molecule has 1 aliphatic heterocycles. The number of halogens is 2. The first kappa shape index (κ1) is 24.3. The van der Waals surface area contributed by atoms with Gasteiger partial charge >= 0.3 is 0 Å². The summed E-state index contributed by atoms with van der Waals surface area (Å²) in [5.41, 5.74) is 1.10. The minimum atomic E-state index is -3.86. The lowest BCUT2D eigenvalue weighted by Gasteiger charge is -2.37. The van der Waals surface area contributed by atoms with E-state index in [4.69, 9.17) is 4.74 Å². The van der Waals surface area contributed by atoms with Crippen molar-refractivity contribution in [3.8, 4) is 0 Å². The van der Waals surface area contributed by atoms with Gasteiger partial charge in [0, 0.05) is 36.8 Å². The Bertz CT molecular complexity index is 1440. The third-order valence-electron chi connectivity index (χ3n) is 5.35. The molecule has 2 aromatic heterocycles. The third-order valence-corrected chi connectivity index (χ3v) is 6.44. The standard InChI is InChI=1S/C21H24F2N8O3S/c1-11-6-16(30-29-11)26-20-19(34-4)18(12-9-25-31(3)10-12)27-21(24-2,28-20)17-14(22)7-13(8-15(17)23)35(5,32)33/h6-10,24,27H,1-5H3,(H2,26,28,29,30). The number of methoxy groups -OCH3 is 1. The lowest BCUT2D eigenvalue weighted by atomic mass is 10.0. The molecule has 0 spiro atoms. The number of ether oxygens (including phenoxy) is 1. The highest BCUT2D eigenvalue weighted by Crippen LogP contribution is 2.35. The second-order valence-electron chi connectivity index (χ2n) is 7.95. The van der Waals surface area contributed by atoms with E-state index in [0.29, 0.717) is 17.1 Å². The first-order chi connectivity index (χ1) is 16.5. The molecule has 1 unspecified atom stereocenters. The molecular weight excluding hydrogens is 482 g/mol. The summed E-state index contributed by atoms with van der Waals surface area (Å²) < 4.78 is 61.7. The summed E-state index contributed by atoms with van der Waals surface area (Å²) in [4.78, 5) is 4.05. The number of hydrogen-bond acceptors (Lipinski definition) is 9. The van der Waals surface area contributed by atoms with Crippen LogP contribution >= 0.6 is 0 Å². The Kier molecular flexibility index (Phi) is 6.11.